The third-order valence-corrected chi connectivity index (χ3v) is 9.12. The number of thiophene rings is 1. The minimum absolute atomic E-state index is 0.0289. The van der Waals surface area contributed by atoms with Crippen LogP contribution in [0.15, 0.2) is 59.5 Å². The summed E-state index contributed by atoms with van der Waals surface area (Å²) in [7, 11) is 0. The molecular formula is C33H34N6O4S. The molecule has 4 aromatic heterocycles. The van der Waals surface area contributed by atoms with E-state index in [-0.39, 0.29) is 27.9 Å². The van der Waals surface area contributed by atoms with Crippen molar-refractivity contribution >= 4 is 50.5 Å². The quantitative estimate of drug-likeness (QED) is 0.154. The maximum atomic E-state index is 14.0. The number of benzene rings is 1. The van der Waals surface area contributed by atoms with Crippen molar-refractivity contribution in [3.63, 3.8) is 0 Å². The van der Waals surface area contributed by atoms with Gasteiger partial charge in [-0.25, -0.2) is 4.98 Å². The predicted molar refractivity (Wildman–Crippen MR) is 172 cm³/mol. The summed E-state index contributed by atoms with van der Waals surface area (Å²) < 4.78 is 8.59. The summed E-state index contributed by atoms with van der Waals surface area (Å²) >= 11 is 1.41. The van der Waals surface area contributed by atoms with Crippen molar-refractivity contribution in [2.24, 2.45) is 0 Å². The van der Waals surface area contributed by atoms with Crippen molar-refractivity contribution in [1.82, 2.24) is 14.0 Å². The number of hydrogen-bond acceptors (Lipinski definition) is 7. The van der Waals surface area contributed by atoms with Crippen LogP contribution < -0.4 is 21.7 Å². The number of aryl methyl sites for hydroxylation is 3. The van der Waals surface area contributed by atoms with E-state index >= 15 is 0 Å². The lowest BCUT2D eigenvalue weighted by molar-refractivity contribution is 0.102. The SMILES string of the molecule is CCOCCCn1c(=N)c(C(=O)Nc2sc3c(c2C(=O)Nc2ccccc2)CCCC3)cc2c(=O)n3cccc(C)c3nc21. The molecule has 0 fully saturated rings. The zero-order valence-corrected chi connectivity index (χ0v) is 25.6. The lowest BCUT2D eigenvalue weighted by atomic mass is 9.95. The van der Waals surface area contributed by atoms with Gasteiger partial charge in [-0.15, -0.1) is 11.3 Å². The maximum Gasteiger partial charge on any atom is 0.267 e. The molecule has 1 aromatic carbocycles. The van der Waals surface area contributed by atoms with Gasteiger partial charge in [0.2, 0.25) is 0 Å². The molecule has 44 heavy (non-hydrogen) atoms. The molecule has 11 heteroatoms. The summed E-state index contributed by atoms with van der Waals surface area (Å²) in [4.78, 5) is 47.1. The number of rotatable bonds is 9. The van der Waals surface area contributed by atoms with Crippen molar-refractivity contribution < 1.29 is 14.3 Å². The van der Waals surface area contributed by atoms with Crippen LogP contribution in [-0.2, 0) is 24.1 Å². The van der Waals surface area contributed by atoms with E-state index in [1.54, 1.807) is 16.8 Å². The highest BCUT2D eigenvalue weighted by Crippen LogP contribution is 2.38. The van der Waals surface area contributed by atoms with E-state index in [2.05, 4.69) is 10.6 Å². The normalized spacial score (nSPS) is 12.8. The van der Waals surface area contributed by atoms with E-state index in [9.17, 15) is 14.4 Å². The van der Waals surface area contributed by atoms with Crippen LogP contribution in [0.3, 0.4) is 0 Å². The maximum absolute atomic E-state index is 14.0. The number of aromatic nitrogens is 3. The Labute approximate surface area is 257 Å². The minimum Gasteiger partial charge on any atom is -0.382 e. The van der Waals surface area contributed by atoms with Gasteiger partial charge < -0.3 is 19.9 Å². The second-order valence-corrected chi connectivity index (χ2v) is 11.9. The molecule has 0 atom stereocenters. The van der Waals surface area contributed by atoms with Crippen LogP contribution in [0.25, 0.3) is 16.7 Å². The third kappa shape index (κ3) is 5.56. The average molecular weight is 611 g/mol. The van der Waals surface area contributed by atoms with E-state index in [0.29, 0.717) is 53.7 Å². The molecule has 2 amide bonds. The Balaban J connectivity index is 1.44. The first-order chi connectivity index (χ1) is 21.4. The van der Waals surface area contributed by atoms with Gasteiger partial charge in [0, 0.05) is 36.5 Å². The van der Waals surface area contributed by atoms with Gasteiger partial charge in [0.05, 0.1) is 16.5 Å². The number of anilines is 2. The van der Waals surface area contributed by atoms with Crippen molar-refractivity contribution in [1.29, 1.82) is 5.41 Å². The summed E-state index contributed by atoms with van der Waals surface area (Å²) in [5, 5.41) is 15.7. The van der Waals surface area contributed by atoms with Crippen LogP contribution in [0, 0.1) is 12.3 Å². The van der Waals surface area contributed by atoms with Crippen LogP contribution >= 0.6 is 11.3 Å². The molecule has 0 spiro atoms. The van der Waals surface area contributed by atoms with Gasteiger partial charge in [-0.3, -0.25) is 24.2 Å². The number of fused-ring (bicyclic) bond motifs is 3. The number of ether oxygens (including phenoxy) is 1. The van der Waals surface area contributed by atoms with Crippen molar-refractivity contribution in [2.75, 3.05) is 23.8 Å². The molecule has 0 saturated heterocycles. The van der Waals surface area contributed by atoms with Gasteiger partial charge in [0.1, 0.15) is 21.8 Å². The first kappa shape index (κ1) is 29.5. The molecule has 5 aromatic rings. The number of carbonyl (C=O) groups excluding carboxylic acids is 2. The first-order valence-electron chi connectivity index (χ1n) is 14.9. The number of pyridine rings is 2. The Morgan fingerprint density at radius 2 is 1.84 bits per heavy atom. The van der Waals surface area contributed by atoms with E-state index < -0.39 is 5.91 Å². The van der Waals surface area contributed by atoms with Gasteiger partial charge >= 0.3 is 0 Å². The Morgan fingerprint density at radius 3 is 2.64 bits per heavy atom. The lowest BCUT2D eigenvalue weighted by Crippen LogP contribution is -2.32. The van der Waals surface area contributed by atoms with Crippen molar-refractivity contribution in [2.45, 2.75) is 52.5 Å². The highest BCUT2D eigenvalue weighted by Gasteiger charge is 2.28. The molecule has 4 heterocycles. The molecule has 226 valence electrons. The number of hydrogen-bond donors (Lipinski definition) is 3. The Kier molecular flexibility index (Phi) is 8.40. The summed E-state index contributed by atoms with van der Waals surface area (Å²) in [5.74, 6) is -0.845. The van der Waals surface area contributed by atoms with E-state index in [4.69, 9.17) is 15.1 Å². The molecule has 1 aliphatic carbocycles. The van der Waals surface area contributed by atoms with Crippen LogP contribution in [0.5, 0.6) is 0 Å². The monoisotopic (exact) mass is 610 g/mol. The number of para-hydroxylation sites is 1. The van der Waals surface area contributed by atoms with Gasteiger partial charge in [-0.2, -0.15) is 0 Å². The van der Waals surface area contributed by atoms with Crippen LogP contribution in [0.4, 0.5) is 10.7 Å². The third-order valence-electron chi connectivity index (χ3n) is 7.91. The van der Waals surface area contributed by atoms with Crippen LogP contribution in [0.2, 0.25) is 0 Å². The first-order valence-corrected chi connectivity index (χ1v) is 15.7. The summed E-state index contributed by atoms with van der Waals surface area (Å²) in [5.41, 5.74) is 3.40. The minimum atomic E-state index is -0.559. The second kappa shape index (κ2) is 12.6. The zero-order chi connectivity index (χ0) is 30.8. The number of carbonyl (C=O) groups is 2. The average Bonchev–Trinajstić information content (AvgIpc) is 3.39. The van der Waals surface area contributed by atoms with Crippen LogP contribution in [-0.4, -0.2) is 39.0 Å². The van der Waals surface area contributed by atoms with Crippen molar-refractivity contribution in [3.05, 3.63) is 97.7 Å². The highest BCUT2D eigenvalue weighted by molar-refractivity contribution is 7.17. The zero-order valence-electron chi connectivity index (χ0n) is 24.7. The molecule has 3 N–H and O–H groups in total. The number of nitrogens with zero attached hydrogens (tertiary/aromatic N) is 3. The van der Waals surface area contributed by atoms with Crippen LogP contribution in [0.1, 0.15) is 62.9 Å². The van der Waals surface area contributed by atoms with Gasteiger partial charge in [-0.1, -0.05) is 24.3 Å². The smallest absolute Gasteiger partial charge is 0.267 e. The van der Waals surface area contributed by atoms with Crippen molar-refractivity contribution in [3.8, 4) is 0 Å². The Morgan fingerprint density at radius 1 is 1.05 bits per heavy atom. The Bertz CT molecular complexity index is 2010. The molecule has 10 nitrogen and oxygen atoms in total. The highest BCUT2D eigenvalue weighted by atomic mass is 32.1. The largest absolute Gasteiger partial charge is 0.382 e. The summed E-state index contributed by atoms with van der Waals surface area (Å²) in [6.45, 7) is 5.16. The van der Waals surface area contributed by atoms with E-state index in [0.717, 1.165) is 41.7 Å². The molecule has 0 aliphatic heterocycles. The molecule has 0 saturated carbocycles. The molecule has 0 bridgehead atoms. The van der Waals surface area contributed by atoms with E-state index in [1.165, 1.54) is 21.8 Å². The predicted octanol–water partition coefficient (Wildman–Crippen LogP) is 5.31. The fraction of sp³-hybridized carbons (Fsp3) is 0.303. The van der Waals surface area contributed by atoms with Gasteiger partial charge in [0.25, 0.3) is 17.4 Å². The molecule has 6 rings (SSSR count). The molecule has 0 unspecified atom stereocenters. The Hall–Kier alpha value is -4.61. The van der Waals surface area contributed by atoms with E-state index in [1.807, 2.05) is 50.2 Å². The van der Waals surface area contributed by atoms with Gasteiger partial charge in [-0.05, 0) is 81.3 Å². The summed E-state index contributed by atoms with van der Waals surface area (Å²) in [6, 6.07) is 14.3. The number of amides is 2. The topological polar surface area (TPSA) is 131 Å². The standard InChI is InChI=1S/C33H34N6O4S/c1-3-43-18-10-17-38-27(34)23(19-24-29(38)36-28-20(2)11-9-16-39(28)33(24)42)30(40)37-32-26(22-14-7-8-15-25(22)44-32)31(41)35-21-12-5-4-6-13-21/h4-6,9,11-13,16,19,34H,3,7-8,10,14-15,17-18H2,1-2H3,(H,35,41)(H,37,40). The second-order valence-electron chi connectivity index (χ2n) is 10.8. The summed E-state index contributed by atoms with van der Waals surface area (Å²) in [6.07, 6.45) is 5.81. The molecular weight excluding hydrogens is 576 g/mol. The molecule has 1 aliphatic rings. The van der Waals surface area contributed by atoms with Gasteiger partial charge in [0.15, 0.2) is 0 Å². The molecule has 0 radical (unpaired) electrons. The number of nitrogens with one attached hydrogen (secondary N) is 3. The lowest BCUT2D eigenvalue weighted by Gasteiger charge is -2.16. The fourth-order valence-corrected chi connectivity index (χ4v) is 7.02. The fourth-order valence-electron chi connectivity index (χ4n) is 5.74.